The Morgan fingerprint density at radius 2 is 1.97 bits per heavy atom. The SMILES string of the molecule is COc1ccc(C(=O)N/N=C\c2ccc(-c3ccc(Cl)c([N+](=O)[O-])c3)o2)c(OC)c1. The van der Waals surface area contributed by atoms with Crippen LogP contribution in [0.3, 0.4) is 0 Å². The second kappa shape index (κ2) is 9.10. The summed E-state index contributed by atoms with van der Waals surface area (Å²) in [5.74, 6) is 1.14. The molecule has 1 N–H and O–H groups in total. The summed E-state index contributed by atoms with van der Waals surface area (Å²) in [6.45, 7) is 0. The molecule has 1 aromatic heterocycles. The summed E-state index contributed by atoms with van der Waals surface area (Å²) in [5.41, 5.74) is 2.93. The average Bonchev–Trinajstić information content (AvgIpc) is 3.22. The lowest BCUT2D eigenvalue weighted by molar-refractivity contribution is -0.384. The van der Waals surface area contributed by atoms with Gasteiger partial charge in [-0.05, 0) is 36.4 Å². The standard InChI is InChI=1S/C20H16ClN3O6/c1-28-13-4-6-15(19(10-13)29-2)20(25)23-22-11-14-5-8-18(30-14)12-3-7-16(21)17(9-12)24(26)27/h3-11H,1-2H3,(H,23,25)/b22-11-. The summed E-state index contributed by atoms with van der Waals surface area (Å²) < 4.78 is 15.9. The molecule has 0 saturated heterocycles. The fourth-order valence-electron chi connectivity index (χ4n) is 2.58. The van der Waals surface area contributed by atoms with Gasteiger partial charge in [-0.3, -0.25) is 14.9 Å². The number of furan rings is 1. The molecule has 0 aliphatic rings. The lowest BCUT2D eigenvalue weighted by Crippen LogP contribution is -2.18. The van der Waals surface area contributed by atoms with Crippen LogP contribution in [0.15, 0.2) is 58.0 Å². The zero-order valence-corrected chi connectivity index (χ0v) is 16.7. The molecule has 0 aliphatic carbocycles. The van der Waals surface area contributed by atoms with Gasteiger partial charge in [-0.2, -0.15) is 5.10 Å². The van der Waals surface area contributed by atoms with Crippen LogP contribution >= 0.6 is 11.6 Å². The first kappa shape index (κ1) is 20.9. The number of rotatable bonds is 7. The molecule has 30 heavy (non-hydrogen) atoms. The maximum Gasteiger partial charge on any atom is 0.288 e. The van der Waals surface area contributed by atoms with Crippen LogP contribution in [0.4, 0.5) is 5.69 Å². The van der Waals surface area contributed by atoms with E-state index in [0.717, 1.165) is 0 Å². The Bertz CT molecular complexity index is 1130. The third kappa shape index (κ3) is 4.58. The highest BCUT2D eigenvalue weighted by Crippen LogP contribution is 2.31. The average molecular weight is 430 g/mol. The van der Waals surface area contributed by atoms with Crippen LogP contribution in [0.5, 0.6) is 11.5 Å². The van der Waals surface area contributed by atoms with Gasteiger partial charge in [0.25, 0.3) is 11.6 Å². The number of hydrogen-bond donors (Lipinski definition) is 1. The smallest absolute Gasteiger partial charge is 0.288 e. The summed E-state index contributed by atoms with van der Waals surface area (Å²) in [6, 6.07) is 12.4. The molecule has 0 aliphatic heterocycles. The third-order valence-electron chi connectivity index (χ3n) is 4.07. The number of hydrazone groups is 1. The number of methoxy groups -OCH3 is 2. The number of nitro groups is 1. The quantitative estimate of drug-likeness (QED) is 0.340. The van der Waals surface area contributed by atoms with Gasteiger partial charge in [0.15, 0.2) is 0 Å². The van der Waals surface area contributed by atoms with Crippen molar-refractivity contribution in [3.8, 4) is 22.8 Å². The van der Waals surface area contributed by atoms with Crippen molar-refractivity contribution in [1.82, 2.24) is 5.43 Å². The number of carbonyl (C=O) groups is 1. The highest BCUT2D eigenvalue weighted by molar-refractivity contribution is 6.32. The Morgan fingerprint density at radius 1 is 1.17 bits per heavy atom. The molecule has 0 radical (unpaired) electrons. The molecule has 154 valence electrons. The zero-order chi connectivity index (χ0) is 21.7. The fourth-order valence-corrected chi connectivity index (χ4v) is 2.77. The molecule has 9 nitrogen and oxygen atoms in total. The molecular weight excluding hydrogens is 414 g/mol. The Morgan fingerprint density at radius 3 is 2.67 bits per heavy atom. The van der Waals surface area contributed by atoms with Gasteiger partial charge >= 0.3 is 0 Å². The van der Waals surface area contributed by atoms with Crippen molar-refractivity contribution in [3.63, 3.8) is 0 Å². The largest absolute Gasteiger partial charge is 0.497 e. The van der Waals surface area contributed by atoms with Gasteiger partial charge < -0.3 is 13.9 Å². The van der Waals surface area contributed by atoms with Gasteiger partial charge in [-0.15, -0.1) is 0 Å². The van der Waals surface area contributed by atoms with E-state index in [1.165, 1.54) is 32.6 Å². The third-order valence-corrected chi connectivity index (χ3v) is 4.38. The Labute approximate surface area is 176 Å². The molecule has 10 heteroatoms. The first-order valence-corrected chi connectivity index (χ1v) is 8.90. The van der Waals surface area contributed by atoms with Crippen molar-refractivity contribution in [3.05, 3.63) is 75.0 Å². The summed E-state index contributed by atoms with van der Waals surface area (Å²) in [6.07, 6.45) is 1.31. The van der Waals surface area contributed by atoms with Crippen LogP contribution in [-0.4, -0.2) is 31.3 Å². The molecule has 3 aromatic rings. The second-order valence-electron chi connectivity index (χ2n) is 5.89. The van der Waals surface area contributed by atoms with Crippen molar-refractivity contribution < 1.29 is 23.6 Å². The topological polar surface area (TPSA) is 116 Å². The van der Waals surface area contributed by atoms with Gasteiger partial charge in [0.2, 0.25) is 0 Å². The van der Waals surface area contributed by atoms with Crippen LogP contribution in [0, 0.1) is 10.1 Å². The zero-order valence-electron chi connectivity index (χ0n) is 15.9. The number of halogens is 1. The van der Waals surface area contributed by atoms with Crippen molar-refractivity contribution in [2.45, 2.75) is 0 Å². The number of carbonyl (C=O) groups excluding carboxylic acids is 1. The summed E-state index contributed by atoms with van der Waals surface area (Å²) >= 11 is 5.82. The first-order chi connectivity index (χ1) is 14.4. The fraction of sp³-hybridized carbons (Fsp3) is 0.100. The highest BCUT2D eigenvalue weighted by atomic mass is 35.5. The minimum atomic E-state index is -0.569. The lowest BCUT2D eigenvalue weighted by Gasteiger charge is -2.08. The Balaban J connectivity index is 1.71. The van der Waals surface area contributed by atoms with Crippen LogP contribution in [0.25, 0.3) is 11.3 Å². The van der Waals surface area contributed by atoms with E-state index < -0.39 is 10.8 Å². The number of nitrogens with one attached hydrogen (secondary N) is 1. The predicted octanol–water partition coefficient (Wildman–Crippen LogP) is 4.29. The van der Waals surface area contributed by atoms with E-state index in [-0.39, 0.29) is 16.3 Å². The van der Waals surface area contributed by atoms with E-state index in [1.807, 2.05) is 0 Å². The molecule has 0 atom stereocenters. The lowest BCUT2D eigenvalue weighted by atomic mass is 10.1. The van der Waals surface area contributed by atoms with Crippen LogP contribution < -0.4 is 14.9 Å². The normalized spacial score (nSPS) is 10.8. The van der Waals surface area contributed by atoms with E-state index in [1.54, 1.807) is 36.4 Å². The number of nitrogens with zero attached hydrogens (tertiary/aromatic N) is 2. The monoisotopic (exact) mass is 429 g/mol. The number of nitro benzene ring substituents is 1. The molecule has 0 bridgehead atoms. The van der Waals surface area contributed by atoms with E-state index in [2.05, 4.69) is 10.5 Å². The number of hydrogen-bond acceptors (Lipinski definition) is 7. The van der Waals surface area contributed by atoms with Gasteiger partial charge in [-0.1, -0.05) is 11.6 Å². The van der Waals surface area contributed by atoms with E-state index >= 15 is 0 Å². The summed E-state index contributed by atoms with van der Waals surface area (Å²) in [5, 5.41) is 14.9. The van der Waals surface area contributed by atoms with Crippen molar-refractivity contribution in [2.24, 2.45) is 5.10 Å². The van der Waals surface area contributed by atoms with Crippen molar-refractivity contribution in [1.29, 1.82) is 0 Å². The van der Waals surface area contributed by atoms with E-state index in [9.17, 15) is 14.9 Å². The summed E-state index contributed by atoms with van der Waals surface area (Å²) in [4.78, 5) is 22.8. The van der Waals surface area contributed by atoms with Gasteiger partial charge in [-0.25, -0.2) is 5.43 Å². The predicted molar refractivity (Wildman–Crippen MR) is 110 cm³/mol. The minimum Gasteiger partial charge on any atom is -0.497 e. The summed E-state index contributed by atoms with van der Waals surface area (Å²) in [7, 11) is 2.96. The molecule has 0 fully saturated rings. The molecule has 0 spiro atoms. The Hall–Kier alpha value is -3.85. The number of amides is 1. The van der Waals surface area contributed by atoms with Gasteiger partial charge in [0.1, 0.15) is 28.0 Å². The second-order valence-corrected chi connectivity index (χ2v) is 6.30. The number of benzene rings is 2. The maximum absolute atomic E-state index is 12.3. The van der Waals surface area contributed by atoms with Crippen LogP contribution in [-0.2, 0) is 0 Å². The van der Waals surface area contributed by atoms with Crippen molar-refractivity contribution >= 4 is 29.4 Å². The molecule has 0 unspecified atom stereocenters. The first-order valence-electron chi connectivity index (χ1n) is 8.52. The Kier molecular flexibility index (Phi) is 6.33. The van der Waals surface area contributed by atoms with Gasteiger partial charge in [0, 0.05) is 17.7 Å². The highest BCUT2D eigenvalue weighted by Gasteiger charge is 2.15. The molecule has 2 aromatic carbocycles. The van der Waals surface area contributed by atoms with Gasteiger partial charge in [0.05, 0.1) is 30.9 Å². The number of ether oxygens (including phenoxy) is 2. The van der Waals surface area contributed by atoms with Crippen molar-refractivity contribution in [2.75, 3.05) is 14.2 Å². The maximum atomic E-state index is 12.3. The van der Waals surface area contributed by atoms with Crippen LogP contribution in [0.1, 0.15) is 16.1 Å². The molecule has 1 amide bonds. The molecule has 1 heterocycles. The molecule has 3 rings (SSSR count). The molecular formula is C20H16ClN3O6. The van der Waals surface area contributed by atoms with E-state index in [4.69, 9.17) is 25.5 Å². The minimum absolute atomic E-state index is 0.0359. The van der Waals surface area contributed by atoms with Crippen LogP contribution in [0.2, 0.25) is 5.02 Å². The van der Waals surface area contributed by atoms with E-state index in [0.29, 0.717) is 28.6 Å². The molecule has 0 saturated carbocycles.